The first kappa shape index (κ1) is 54.0. The minimum atomic E-state index is -0.137. The molecule has 24 saturated carbocycles. The van der Waals surface area contributed by atoms with Crippen molar-refractivity contribution in [3.8, 4) is 34.5 Å². The molecule has 4 aromatic rings. The number of nitrogens with two attached hydrogens (primary N) is 2. The van der Waals surface area contributed by atoms with Gasteiger partial charge in [0, 0.05) is 39.8 Å². The van der Waals surface area contributed by atoms with Gasteiger partial charge in [0.05, 0.1) is 11.4 Å². The molecule has 6 nitrogen and oxygen atoms in total. The highest BCUT2D eigenvalue weighted by atomic mass is 16.5. The van der Waals surface area contributed by atoms with Crippen molar-refractivity contribution in [3.63, 3.8) is 0 Å². The third kappa shape index (κ3) is 7.47. The summed E-state index contributed by atoms with van der Waals surface area (Å²) in [4.78, 5) is 0. The van der Waals surface area contributed by atoms with Gasteiger partial charge in [0.15, 0.2) is 0 Å². The van der Waals surface area contributed by atoms with Crippen molar-refractivity contribution in [1.29, 1.82) is 0 Å². The van der Waals surface area contributed by atoms with Crippen LogP contribution < -0.4 is 20.9 Å². The van der Waals surface area contributed by atoms with Crippen LogP contribution >= 0.6 is 0 Å². The van der Waals surface area contributed by atoms with Gasteiger partial charge in [-0.05, 0) is 399 Å². The Bertz CT molecular complexity index is 3310. The van der Waals surface area contributed by atoms with Crippen LogP contribution in [0.5, 0.6) is 34.5 Å². The van der Waals surface area contributed by atoms with Crippen LogP contribution in [0.25, 0.3) is 0 Å². The third-order valence-corrected chi connectivity index (χ3v) is 33.7. The summed E-state index contributed by atoms with van der Waals surface area (Å²) in [6.45, 7) is 0. The van der Waals surface area contributed by atoms with Crippen LogP contribution in [0.1, 0.15) is 258 Å². The fourth-order valence-electron chi connectivity index (χ4n) is 33.3. The smallest absolute Gasteiger partial charge is 0.142 e. The predicted octanol–water partition coefficient (Wildman–Crippen LogP) is 20.0. The molecular weight excluding hydrogens is 1100 g/mol. The highest BCUT2D eigenvalue weighted by Crippen LogP contribution is 2.79. The van der Waals surface area contributed by atoms with Gasteiger partial charge in [0.2, 0.25) is 0 Å². The van der Waals surface area contributed by atoms with Crippen molar-refractivity contribution in [2.24, 2.45) is 117 Å². The molecular formula is C84H104N2O4. The number of aromatic hydroxyl groups is 2. The summed E-state index contributed by atoms with van der Waals surface area (Å²) in [6, 6.07) is 24.6. The Kier molecular flexibility index (Phi) is 10.9. The van der Waals surface area contributed by atoms with Crippen molar-refractivity contribution in [2.75, 3.05) is 11.5 Å². The van der Waals surface area contributed by atoms with Crippen molar-refractivity contribution < 1.29 is 19.7 Å². The summed E-state index contributed by atoms with van der Waals surface area (Å²) in [5.74, 6) is 18.7. The SMILES string of the molecule is Nc1cc(C23CC4CC(CC(C4)C2)C3)c(Oc2ccc(C3(c4ccc(Oc5cc(O)c(N)cc5C56CC7CC(CC(C7)C5)C6)c(C56CC7CC(CC(C7)C5)C6)c4)C4CC5CC3CC(C36CC7CC(CC(C7)C3)C6)(C5)C4)cc2C23CC4CC(CC(C4)C2)C3)cc1O. The molecule has 0 spiro atoms. The average molecular weight is 1210 g/mol. The molecule has 0 aliphatic heterocycles. The minimum absolute atomic E-state index is 0.0682. The van der Waals surface area contributed by atoms with E-state index in [0.29, 0.717) is 34.0 Å². The minimum Gasteiger partial charge on any atom is -0.506 e. The molecule has 6 heteroatoms. The Morgan fingerprint density at radius 2 is 0.522 bits per heavy atom. The summed E-state index contributed by atoms with van der Waals surface area (Å²) in [7, 11) is 0. The molecule has 0 heterocycles. The molecule has 24 fully saturated rings. The normalized spacial score (nSPS) is 49.8. The molecule has 2 atom stereocenters. The summed E-state index contributed by atoms with van der Waals surface area (Å²) >= 11 is 0. The lowest BCUT2D eigenvalue weighted by molar-refractivity contribution is -0.215. The number of benzene rings is 4. The van der Waals surface area contributed by atoms with Crippen molar-refractivity contribution in [3.05, 3.63) is 94.0 Å². The molecule has 24 aliphatic carbocycles. The molecule has 474 valence electrons. The van der Waals surface area contributed by atoms with E-state index in [2.05, 4.69) is 48.5 Å². The number of nitrogen functional groups attached to an aromatic ring is 2. The molecule has 2 unspecified atom stereocenters. The average Bonchev–Trinajstić information content (AvgIpc) is 0.669. The van der Waals surface area contributed by atoms with Crippen LogP contribution in [-0.4, -0.2) is 10.2 Å². The van der Waals surface area contributed by atoms with Crippen LogP contribution in [0.3, 0.4) is 0 Å². The quantitative estimate of drug-likeness (QED) is 0.0880. The Balaban J connectivity index is 0.740. The zero-order chi connectivity index (χ0) is 59.2. The molecule has 90 heavy (non-hydrogen) atoms. The van der Waals surface area contributed by atoms with Crippen molar-refractivity contribution in [2.45, 2.75) is 252 Å². The summed E-state index contributed by atoms with van der Waals surface area (Å²) in [6.07, 6.45) is 48.2. The van der Waals surface area contributed by atoms with Crippen molar-refractivity contribution in [1.82, 2.24) is 0 Å². The van der Waals surface area contributed by atoms with Gasteiger partial charge >= 0.3 is 0 Å². The second-order valence-corrected chi connectivity index (χ2v) is 38.9. The molecule has 0 radical (unpaired) electrons. The first-order chi connectivity index (χ1) is 43.6. The van der Waals surface area contributed by atoms with Gasteiger partial charge in [-0.25, -0.2) is 0 Å². The second kappa shape index (κ2) is 18.2. The third-order valence-electron chi connectivity index (χ3n) is 33.7. The first-order valence-corrected chi connectivity index (χ1v) is 38.5. The molecule has 24 aliphatic rings. The maximum atomic E-state index is 11.8. The number of phenols is 2. The standard InChI is InChI=1S/C84H104N2O4/c85-70-24-68(80-34-52-11-53(35-80)13-54(12-52)36-80)76(26-72(70)87)89-74-3-1-62(22-66(74)78-28-46-5-47(29-78)7-48(6-46)30-78)84(64-20-61-21-65(84)45-83(43-61,44-64)82-40-58-17-59(41-82)19-60(18-58)42-82)63-2-4-75(67(23-63)79-31-49-8-50(32-79)10-51(9-49)33-79)90-77-27-73(88)71(86)25-69(77)81-37-55-14-56(38-81)16-57(15-55)39-81/h1-4,22-27,46-61,64-65,87-88H,5-21,28-45,85-86H2. The van der Waals surface area contributed by atoms with E-state index in [1.165, 1.54) is 247 Å². The van der Waals surface area contributed by atoms with E-state index < -0.39 is 0 Å². The number of hydrogen-bond donors (Lipinski definition) is 4. The largest absolute Gasteiger partial charge is 0.506 e. The Morgan fingerprint density at radius 1 is 0.278 bits per heavy atom. The predicted molar refractivity (Wildman–Crippen MR) is 355 cm³/mol. The van der Waals surface area contributed by atoms with Crippen LogP contribution in [0.2, 0.25) is 0 Å². The van der Waals surface area contributed by atoms with Gasteiger partial charge < -0.3 is 31.2 Å². The van der Waals surface area contributed by atoms with Crippen LogP contribution in [0.15, 0.2) is 60.7 Å². The Hall–Kier alpha value is -4.32. The Morgan fingerprint density at radius 3 is 0.811 bits per heavy atom. The van der Waals surface area contributed by atoms with Gasteiger partial charge in [-0.3, -0.25) is 0 Å². The van der Waals surface area contributed by atoms with E-state index in [-0.39, 0.29) is 38.6 Å². The topological polar surface area (TPSA) is 111 Å². The summed E-state index contributed by atoms with van der Waals surface area (Å²) < 4.78 is 15.8. The maximum Gasteiger partial charge on any atom is 0.142 e. The van der Waals surface area contributed by atoms with Crippen LogP contribution in [-0.2, 0) is 27.1 Å². The van der Waals surface area contributed by atoms with Crippen LogP contribution in [0, 0.1) is 117 Å². The van der Waals surface area contributed by atoms with E-state index in [4.69, 9.17) is 20.9 Å². The molecule has 24 bridgehead atoms. The van der Waals surface area contributed by atoms with Gasteiger partial charge in [-0.15, -0.1) is 0 Å². The lowest BCUT2D eigenvalue weighted by atomic mass is 9.31. The molecule has 6 N–H and O–H groups in total. The van der Waals surface area contributed by atoms with E-state index in [1.807, 2.05) is 12.1 Å². The number of anilines is 2. The van der Waals surface area contributed by atoms with Gasteiger partial charge in [-0.2, -0.15) is 0 Å². The molecule has 0 saturated heterocycles. The van der Waals surface area contributed by atoms with E-state index in [1.54, 1.807) is 11.1 Å². The summed E-state index contributed by atoms with van der Waals surface area (Å²) in [5.41, 5.74) is 24.8. The lowest BCUT2D eigenvalue weighted by Crippen LogP contribution is -2.66. The second-order valence-electron chi connectivity index (χ2n) is 38.9. The number of phenolic OH excluding ortho intramolecular Hbond substituents is 2. The fourth-order valence-corrected chi connectivity index (χ4v) is 33.3. The van der Waals surface area contributed by atoms with E-state index in [0.717, 1.165) is 118 Å². The van der Waals surface area contributed by atoms with Crippen LogP contribution in [0.4, 0.5) is 11.4 Å². The van der Waals surface area contributed by atoms with Gasteiger partial charge in [0.1, 0.15) is 34.5 Å². The zero-order valence-corrected chi connectivity index (χ0v) is 54.3. The first-order valence-electron chi connectivity index (χ1n) is 38.5. The monoisotopic (exact) mass is 1200 g/mol. The highest BCUT2D eigenvalue weighted by molar-refractivity contribution is 5.65. The van der Waals surface area contributed by atoms with Gasteiger partial charge in [0.25, 0.3) is 0 Å². The Labute approximate surface area is 537 Å². The number of ether oxygens (including phenoxy) is 2. The maximum absolute atomic E-state index is 11.8. The fraction of sp³-hybridized carbons (Fsp3) is 0.714. The summed E-state index contributed by atoms with van der Waals surface area (Å²) in [5, 5.41) is 23.5. The van der Waals surface area contributed by atoms with Crippen molar-refractivity contribution >= 4 is 11.4 Å². The molecule has 4 aromatic carbocycles. The highest BCUT2D eigenvalue weighted by Gasteiger charge is 2.71. The number of rotatable bonds is 11. The zero-order valence-electron chi connectivity index (χ0n) is 54.3. The lowest BCUT2D eigenvalue weighted by Gasteiger charge is -2.74. The van der Waals surface area contributed by atoms with Gasteiger partial charge in [-0.1, -0.05) is 24.3 Å². The van der Waals surface area contributed by atoms with E-state index in [9.17, 15) is 10.2 Å². The van der Waals surface area contributed by atoms with E-state index >= 15 is 0 Å². The molecule has 0 amide bonds. The number of hydrogen-bond acceptors (Lipinski definition) is 6. The molecule has 28 rings (SSSR count). The molecule has 0 aromatic heterocycles.